The summed E-state index contributed by atoms with van der Waals surface area (Å²) >= 11 is 0. The molecule has 0 bridgehead atoms. The number of nitrogens with zero attached hydrogens (tertiary/aromatic N) is 1. The van der Waals surface area contributed by atoms with Crippen molar-refractivity contribution in [3.63, 3.8) is 0 Å². The molecule has 2 heteroatoms. The number of hydrogen-bond donors (Lipinski definition) is 0. The van der Waals surface area contributed by atoms with E-state index in [1.165, 1.54) is 34.4 Å². The Hall–Kier alpha value is -2.97. The fraction of sp³-hybridized carbons (Fsp3) is 0.185. The van der Waals surface area contributed by atoms with Gasteiger partial charge < -0.3 is 0 Å². The Labute approximate surface area is 172 Å². The van der Waals surface area contributed by atoms with Gasteiger partial charge in [0.25, 0.3) is 0 Å². The molecule has 0 atom stereocenters. The normalized spacial score (nSPS) is 14.9. The van der Waals surface area contributed by atoms with Crippen LogP contribution in [0.15, 0.2) is 84.9 Å². The van der Waals surface area contributed by atoms with Crippen LogP contribution in [0.3, 0.4) is 0 Å². The summed E-state index contributed by atoms with van der Waals surface area (Å²) in [6.45, 7) is 5.19. The van der Waals surface area contributed by atoms with Crippen LogP contribution in [0.4, 0.5) is 4.39 Å². The third-order valence-electron chi connectivity index (χ3n) is 5.52. The summed E-state index contributed by atoms with van der Waals surface area (Å²) in [5, 5.41) is 0. The predicted octanol–water partition coefficient (Wildman–Crippen LogP) is 6.60. The van der Waals surface area contributed by atoms with Crippen molar-refractivity contribution in [1.29, 1.82) is 0 Å². The Balaban J connectivity index is 1.40. The Morgan fingerprint density at radius 3 is 2.38 bits per heavy atom. The highest BCUT2D eigenvalue weighted by Gasteiger charge is 2.14. The second kappa shape index (κ2) is 9.02. The third-order valence-corrected chi connectivity index (χ3v) is 5.52. The standard InChI is InChI=1S/C27H26FN/c1-21-20-25(23-9-12-26(28)13-10-23)11-14-27(21)24-15-18-29(19-16-24)17-5-8-22-6-3-2-4-7-22/h2-15,20H,16-19H2,1H3/b8-5+. The van der Waals surface area contributed by atoms with Gasteiger partial charge in [-0.3, -0.25) is 4.90 Å². The molecule has 146 valence electrons. The van der Waals surface area contributed by atoms with Crippen LogP contribution in [0, 0.1) is 12.7 Å². The second-order valence-corrected chi connectivity index (χ2v) is 7.59. The summed E-state index contributed by atoms with van der Waals surface area (Å²) < 4.78 is 13.2. The molecule has 0 saturated carbocycles. The SMILES string of the molecule is Cc1cc(-c2ccc(F)cc2)ccc1C1=CCN(C/C=C/c2ccccc2)CC1. The van der Waals surface area contributed by atoms with E-state index in [9.17, 15) is 4.39 Å². The molecule has 0 radical (unpaired) electrons. The molecule has 0 spiro atoms. The Morgan fingerprint density at radius 2 is 1.69 bits per heavy atom. The molecular formula is C27H26FN. The lowest BCUT2D eigenvalue weighted by molar-refractivity contribution is 0.335. The van der Waals surface area contributed by atoms with E-state index in [1.54, 1.807) is 0 Å². The minimum absolute atomic E-state index is 0.197. The van der Waals surface area contributed by atoms with Gasteiger partial charge >= 0.3 is 0 Å². The van der Waals surface area contributed by atoms with Crippen LogP contribution in [0.5, 0.6) is 0 Å². The van der Waals surface area contributed by atoms with E-state index in [0.717, 1.165) is 37.2 Å². The predicted molar refractivity (Wildman–Crippen MR) is 121 cm³/mol. The van der Waals surface area contributed by atoms with Gasteiger partial charge in [0.1, 0.15) is 5.82 Å². The summed E-state index contributed by atoms with van der Waals surface area (Å²) in [5.74, 6) is -0.197. The van der Waals surface area contributed by atoms with Crippen molar-refractivity contribution in [2.75, 3.05) is 19.6 Å². The number of rotatable bonds is 5. The van der Waals surface area contributed by atoms with Crippen LogP contribution in [0.25, 0.3) is 22.8 Å². The molecule has 0 fully saturated rings. The largest absolute Gasteiger partial charge is 0.296 e. The van der Waals surface area contributed by atoms with Gasteiger partial charge in [-0.2, -0.15) is 0 Å². The zero-order valence-electron chi connectivity index (χ0n) is 16.8. The fourth-order valence-electron chi connectivity index (χ4n) is 3.87. The first kappa shape index (κ1) is 19.4. The molecular weight excluding hydrogens is 357 g/mol. The zero-order valence-corrected chi connectivity index (χ0v) is 16.8. The van der Waals surface area contributed by atoms with Gasteiger partial charge in [-0.1, -0.05) is 78.9 Å². The average molecular weight is 384 g/mol. The first-order valence-corrected chi connectivity index (χ1v) is 10.2. The minimum Gasteiger partial charge on any atom is -0.296 e. The van der Waals surface area contributed by atoms with Crippen LogP contribution in [0.1, 0.15) is 23.1 Å². The monoisotopic (exact) mass is 383 g/mol. The van der Waals surface area contributed by atoms with E-state index in [0.29, 0.717) is 0 Å². The Morgan fingerprint density at radius 1 is 0.931 bits per heavy atom. The molecule has 0 unspecified atom stereocenters. The van der Waals surface area contributed by atoms with Gasteiger partial charge in [-0.25, -0.2) is 4.39 Å². The maximum atomic E-state index is 13.2. The molecule has 1 heterocycles. The number of halogens is 1. The lowest BCUT2D eigenvalue weighted by Crippen LogP contribution is -2.28. The van der Waals surface area contributed by atoms with Gasteiger partial charge in [0.2, 0.25) is 0 Å². The van der Waals surface area contributed by atoms with Crippen LogP contribution in [0.2, 0.25) is 0 Å². The van der Waals surface area contributed by atoms with Gasteiger partial charge in [0.15, 0.2) is 0 Å². The quantitative estimate of drug-likeness (QED) is 0.479. The highest BCUT2D eigenvalue weighted by atomic mass is 19.1. The molecule has 0 amide bonds. The number of hydrogen-bond acceptors (Lipinski definition) is 1. The van der Waals surface area contributed by atoms with E-state index in [1.807, 2.05) is 18.2 Å². The average Bonchev–Trinajstić information content (AvgIpc) is 2.76. The number of benzene rings is 3. The lowest BCUT2D eigenvalue weighted by Gasteiger charge is -2.26. The fourth-order valence-corrected chi connectivity index (χ4v) is 3.87. The molecule has 29 heavy (non-hydrogen) atoms. The molecule has 3 aromatic rings. The first-order chi connectivity index (χ1) is 14.2. The van der Waals surface area contributed by atoms with Crippen LogP contribution in [-0.2, 0) is 0 Å². The smallest absolute Gasteiger partial charge is 0.123 e. The van der Waals surface area contributed by atoms with Crippen LogP contribution >= 0.6 is 0 Å². The molecule has 4 rings (SSSR count). The molecule has 0 N–H and O–H groups in total. The van der Waals surface area contributed by atoms with Crippen LogP contribution in [-0.4, -0.2) is 24.5 Å². The van der Waals surface area contributed by atoms with E-state index >= 15 is 0 Å². The van der Waals surface area contributed by atoms with Crippen molar-refractivity contribution in [2.24, 2.45) is 0 Å². The first-order valence-electron chi connectivity index (χ1n) is 10.2. The highest BCUT2D eigenvalue weighted by Crippen LogP contribution is 2.29. The van der Waals surface area contributed by atoms with Crippen molar-refractivity contribution in [3.05, 3.63) is 107 Å². The second-order valence-electron chi connectivity index (χ2n) is 7.59. The van der Waals surface area contributed by atoms with E-state index < -0.39 is 0 Å². The molecule has 1 aliphatic rings. The lowest BCUT2D eigenvalue weighted by atomic mass is 9.92. The Kier molecular flexibility index (Phi) is 6.02. The van der Waals surface area contributed by atoms with Crippen molar-refractivity contribution in [3.8, 4) is 11.1 Å². The Bertz CT molecular complexity index is 1020. The van der Waals surface area contributed by atoms with Crippen molar-refractivity contribution < 1.29 is 4.39 Å². The maximum absolute atomic E-state index is 13.2. The summed E-state index contributed by atoms with van der Waals surface area (Å²) in [4.78, 5) is 2.46. The van der Waals surface area contributed by atoms with Crippen molar-refractivity contribution in [2.45, 2.75) is 13.3 Å². The van der Waals surface area contributed by atoms with Gasteiger partial charge in [-0.05, 0) is 58.9 Å². The molecule has 0 saturated heterocycles. The van der Waals surface area contributed by atoms with Gasteiger partial charge in [0.05, 0.1) is 0 Å². The van der Waals surface area contributed by atoms with Gasteiger partial charge in [0, 0.05) is 19.6 Å². The third kappa shape index (κ3) is 4.90. The van der Waals surface area contributed by atoms with Gasteiger partial charge in [-0.15, -0.1) is 0 Å². The molecule has 1 nitrogen and oxygen atoms in total. The highest BCUT2D eigenvalue weighted by molar-refractivity contribution is 5.73. The van der Waals surface area contributed by atoms with E-state index in [2.05, 4.69) is 72.5 Å². The van der Waals surface area contributed by atoms with E-state index in [4.69, 9.17) is 0 Å². The summed E-state index contributed by atoms with van der Waals surface area (Å²) in [5.41, 5.74) is 7.46. The minimum atomic E-state index is -0.197. The van der Waals surface area contributed by atoms with Crippen molar-refractivity contribution in [1.82, 2.24) is 4.90 Å². The molecule has 3 aromatic carbocycles. The topological polar surface area (TPSA) is 3.24 Å². The molecule has 1 aliphatic heterocycles. The van der Waals surface area contributed by atoms with Crippen molar-refractivity contribution >= 4 is 11.6 Å². The summed E-state index contributed by atoms with van der Waals surface area (Å²) in [6, 6.07) is 23.7. The van der Waals surface area contributed by atoms with Crippen LogP contribution < -0.4 is 0 Å². The number of aryl methyl sites for hydroxylation is 1. The van der Waals surface area contributed by atoms with E-state index in [-0.39, 0.29) is 5.82 Å². The molecule has 0 aromatic heterocycles. The zero-order chi connectivity index (χ0) is 20.1. The molecule has 0 aliphatic carbocycles. The summed E-state index contributed by atoms with van der Waals surface area (Å²) in [7, 11) is 0. The summed E-state index contributed by atoms with van der Waals surface area (Å²) in [6.07, 6.45) is 7.87. The maximum Gasteiger partial charge on any atom is 0.123 e.